The Bertz CT molecular complexity index is 4100. The van der Waals surface area contributed by atoms with E-state index in [1.54, 1.807) is 105 Å². The van der Waals surface area contributed by atoms with Gasteiger partial charge >= 0.3 is 30.0 Å². The molecule has 4 N–H and O–H groups in total. The molecule has 2 radical (unpaired) electrons. The number of hydrogen-bond donors (Lipinski definition) is 4. The van der Waals surface area contributed by atoms with Crippen LogP contribution in [0.3, 0.4) is 0 Å². The first-order chi connectivity index (χ1) is 50.4. The van der Waals surface area contributed by atoms with E-state index in [2.05, 4.69) is 82.4 Å². The van der Waals surface area contributed by atoms with Gasteiger partial charge in [0.25, 0.3) is 0 Å². The summed E-state index contributed by atoms with van der Waals surface area (Å²) in [6, 6.07) is 43.8. The quantitative estimate of drug-likeness (QED) is 0.00962. The SMILES string of the molecule is C1CCOC1.C=C(C)C(=O)OCCN=C=O.C=C(C)C(=O)OCCNC(=O)OCc1ccc(C(=O)O)nc1.Fc1c[c-]c(-c2ccccn2)c(F)c1.Fc1c[c-]c(-c2ccccn2)c(F)c1.Fc1c[c-]c(-c2ccccn2)c(F)c1.Fc1c[c-]c(-c2ccccn2)c(F)c1.O=C(O)c1ccc(CO)cn1.[Ir].[Ir]. The van der Waals surface area contributed by atoms with Gasteiger partial charge in [-0.25, -0.2) is 43.7 Å². The Morgan fingerprint density at radius 3 is 1.12 bits per heavy atom. The van der Waals surface area contributed by atoms with Crippen LogP contribution in [-0.2, 0) is 86.8 Å². The first-order valence-electron chi connectivity index (χ1n) is 30.7. The Hall–Kier alpha value is -11.6. The van der Waals surface area contributed by atoms with E-state index in [1.165, 1.54) is 62.5 Å². The second-order valence-corrected chi connectivity index (χ2v) is 20.5. The standard InChI is InChI=1S/C14H16N2O6.4C11H6F2N.C7H7NO3.C7H9NO3.C4H8O.2Ir/c1-9(2)13(19)21-6-5-15-14(20)22-8-10-3-4-11(12(17)18)16-7-10;4*12-8-4-5-9(10(13)7-8)11-3-1-2-6-14-11;9-4-5-1-2-6(7(10)11)8-3-5;1-6(2)7(10)11-4-3-8-5-9;1-2-4-5-3-1;;/h3-4,7H,1,5-6,8H2,2H3,(H,15,20)(H,17,18);4*1-4,6-7H;1-3,9H,4H2,(H,10,11);1,3-4H2,2H3;1-4H2;;/q;4*-1;;;;;. The van der Waals surface area contributed by atoms with Gasteiger partial charge in [0.15, 0.2) is 0 Å². The monoisotopic (exact) mass is 1830 g/mol. The number of pyridine rings is 6. The summed E-state index contributed by atoms with van der Waals surface area (Å²) in [5.41, 5.74) is 4.21. The Kier molecular flexibility index (Phi) is 44.1. The second-order valence-electron chi connectivity index (χ2n) is 20.5. The number of carbonyl (C=O) groups excluding carboxylic acids is 4. The molecule has 0 aliphatic carbocycles. The number of aliphatic hydroxyl groups is 1. The number of benzene rings is 4. The maximum absolute atomic E-state index is 13.2. The molecule has 4 aromatic carbocycles. The number of carbonyl (C=O) groups is 5. The van der Waals surface area contributed by atoms with E-state index in [1.807, 2.05) is 0 Å². The number of nitrogens with one attached hydrogen (secondary N) is 1. The Morgan fingerprint density at radius 1 is 0.514 bits per heavy atom. The fourth-order valence-electron chi connectivity index (χ4n) is 7.37. The van der Waals surface area contributed by atoms with Crippen molar-refractivity contribution in [2.75, 3.05) is 39.5 Å². The molecule has 1 aliphatic heterocycles. The molecule has 0 saturated carbocycles. The number of carboxylic acid groups (broad SMARTS) is 2. The van der Waals surface area contributed by atoms with Gasteiger partial charge in [-0.3, -0.25) is 35.1 Å². The summed E-state index contributed by atoms with van der Waals surface area (Å²) in [6.07, 6.45) is 12.0. The summed E-state index contributed by atoms with van der Waals surface area (Å²) in [7, 11) is 0. The van der Waals surface area contributed by atoms with E-state index in [0.717, 1.165) is 61.7 Å². The third kappa shape index (κ3) is 36.1. The van der Waals surface area contributed by atoms with Crippen LogP contribution in [0.25, 0.3) is 45.0 Å². The number of aromatic carboxylic acids is 2. The van der Waals surface area contributed by atoms with Gasteiger partial charge in [0.05, 0.1) is 19.7 Å². The third-order valence-corrected chi connectivity index (χ3v) is 12.4. The molecular weight excluding hydrogens is 1770 g/mol. The van der Waals surface area contributed by atoms with Crippen LogP contribution in [0.5, 0.6) is 0 Å². The first kappa shape index (κ1) is 91.5. The normalized spacial score (nSPS) is 10.2. The van der Waals surface area contributed by atoms with Crippen LogP contribution in [0.4, 0.5) is 39.9 Å². The number of aliphatic imine (C=N–C) groups is 1. The van der Waals surface area contributed by atoms with E-state index < -0.39 is 76.5 Å². The molecule has 0 bridgehead atoms. The number of rotatable bonds is 17. The van der Waals surface area contributed by atoms with Crippen molar-refractivity contribution in [3.63, 3.8) is 0 Å². The Labute approximate surface area is 635 Å². The van der Waals surface area contributed by atoms with Gasteiger partial charge in [0, 0.05) is 154 Å². The van der Waals surface area contributed by atoms with Crippen molar-refractivity contribution in [3.8, 4) is 45.0 Å². The molecule has 1 aliphatic rings. The molecule has 31 heteroatoms. The van der Waals surface area contributed by atoms with Gasteiger partial charge in [-0.1, -0.05) is 120 Å². The van der Waals surface area contributed by atoms with Gasteiger partial charge in [-0.2, -0.15) is 0 Å². The molecule has 6 aromatic heterocycles. The predicted molar refractivity (Wildman–Crippen MR) is 365 cm³/mol. The molecule has 21 nitrogen and oxygen atoms in total. The minimum Gasteiger partial charge on any atom is -0.477 e. The Balaban J connectivity index is 0.000000422. The number of aliphatic hydroxyl groups excluding tert-OH is 1. The predicted octanol–water partition coefficient (Wildman–Crippen LogP) is 13.9. The number of isocyanates is 1. The summed E-state index contributed by atoms with van der Waals surface area (Å²) in [5, 5.41) is 28.1. The molecule has 0 atom stereocenters. The van der Waals surface area contributed by atoms with Crippen LogP contribution < -0.4 is 5.32 Å². The van der Waals surface area contributed by atoms with Crippen LogP contribution in [0.15, 0.2) is 212 Å². The molecule has 10 aromatic rings. The molecule has 11 rings (SSSR count). The van der Waals surface area contributed by atoms with E-state index in [4.69, 9.17) is 29.5 Å². The van der Waals surface area contributed by atoms with E-state index in [0.29, 0.717) is 39.5 Å². The van der Waals surface area contributed by atoms with Gasteiger partial charge in [0.2, 0.25) is 6.08 Å². The molecule has 564 valence electrons. The number of esters is 2. The molecule has 107 heavy (non-hydrogen) atoms. The van der Waals surface area contributed by atoms with E-state index >= 15 is 0 Å². The average molecular weight is 1830 g/mol. The number of ether oxygens (including phenoxy) is 4. The zero-order chi connectivity index (χ0) is 76.9. The third-order valence-electron chi connectivity index (χ3n) is 12.4. The summed E-state index contributed by atoms with van der Waals surface area (Å²) < 4.78 is 122. The molecule has 1 amide bonds. The van der Waals surface area contributed by atoms with Gasteiger partial charge in [-0.15, -0.1) is 48.5 Å². The van der Waals surface area contributed by atoms with Crippen molar-refractivity contribution < 1.29 is 138 Å². The molecule has 0 spiro atoms. The topological polar surface area (TPSA) is 302 Å². The summed E-state index contributed by atoms with van der Waals surface area (Å²) in [5.74, 6) is -8.33. The second kappa shape index (κ2) is 51.6. The molecule has 7 heterocycles. The van der Waals surface area contributed by atoms with Crippen LogP contribution >= 0.6 is 0 Å². The number of carboxylic acids is 2. The summed E-state index contributed by atoms with van der Waals surface area (Å²) >= 11 is 0. The summed E-state index contributed by atoms with van der Waals surface area (Å²) in [4.78, 5) is 89.7. The van der Waals surface area contributed by atoms with Crippen molar-refractivity contribution in [1.29, 1.82) is 0 Å². The zero-order valence-electron chi connectivity index (χ0n) is 56.6. The number of alkyl carbamates (subject to hydrolysis) is 1. The number of hydrogen-bond acceptors (Lipinski definition) is 18. The number of amides is 1. The fraction of sp³-hybridized carbons (Fsp3) is 0.158. The van der Waals surface area contributed by atoms with Crippen LogP contribution in [0.2, 0.25) is 0 Å². The zero-order valence-corrected chi connectivity index (χ0v) is 61.3. The molecule has 0 unspecified atom stereocenters. The number of halogens is 8. The fourth-order valence-corrected chi connectivity index (χ4v) is 7.37. The minimum absolute atomic E-state index is 0. The summed E-state index contributed by atoms with van der Waals surface area (Å²) in [6.45, 7) is 12.1. The Morgan fingerprint density at radius 2 is 0.860 bits per heavy atom. The maximum Gasteiger partial charge on any atom is 0.407 e. The van der Waals surface area contributed by atoms with Gasteiger partial charge < -0.3 is 59.5 Å². The smallest absolute Gasteiger partial charge is 0.407 e. The van der Waals surface area contributed by atoms with Crippen LogP contribution in [0.1, 0.15) is 58.8 Å². The maximum atomic E-state index is 13.2. The van der Waals surface area contributed by atoms with Crippen molar-refractivity contribution in [1.82, 2.24) is 35.2 Å². The van der Waals surface area contributed by atoms with Gasteiger partial charge in [0.1, 0.15) is 31.2 Å². The molecular formula is C76H64F8Ir2N8O13-4. The van der Waals surface area contributed by atoms with Crippen LogP contribution in [-0.4, -0.2) is 121 Å². The van der Waals surface area contributed by atoms with Crippen LogP contribution in [0, 0.1) is 70.8 Å². The first-order valence-corrected chi connectivity index (χ1v) is 30.7. The molecule has 1 saturated heterocycles. The average Bonchev–Trinajstić information content (AvgIpc) is 1.20. The van der Waals surface area contributed by atoms with Gasteiger partial charge in [-0.05, 0) is 91.4 Å². The van der Waals surface area contributed by atoms with Crippen molar-refractivity contribution in [2.45, 2.75) is 39.9 Å². The molecule has 1 fully saturated rings. The van der Waals surface area contributed by atoms with E-state index in [-0.39, 0.29) is 119 Å². The number of nitrogens with zero attached hydrogens (tertiary/aromatic N) is 7. The van der Waals surface area contributed by atoms with Crippen molar-refractivity contribution >= 4 is 36.1 Å². The van der Waals surface area contributed by atoms with Crippen molar-refractivity contribution in [3.05, 3.63) is 300 Å². The largest absolute Gasteiger partial charge is 0.477 e. The minimum atomic E-state index is -1.13. The number of aromatic nitrogens is 6. The van der Waals surface area contributed by atoms with Crippen molar-refractivity contribution in [2.24, 2.45) is 4.99 Å². The van der Waals surface area contributed by atoms with E-state index in [9.17, 15) is 63.9 Å².